The second-order valence-electron chi connectivity index (χ2n) is 5.82. The van der Waals surface area contributed by atoms with E-state index < -0.39 is 0 Å². The highest BCUT2D eigenvalue weighted by Crippen LogP contribution is 2.36. The summed E-state index contributed by atoms with van der Waals surface area (Å²) in [4.78, 5) is 5.41. The van der Waals surface area contributed by atoms with Crippen LogP contribution < -0.4 is 5.32 Å². The molecule has 3 nitrogen and oxygen atoms in total. The van der Waals surface area contributed by atoms with Gasteiger partial charge in [0.15, 0.2) is 0 Å². The fourth-order valence-corrected chi connectivity index (χ4v) is 3.91. The first-order valence-corrected chi connectivity index (χ1v) is 7.01. The third kappa shape index (κ3) is 2.01. The Balaban J connectivity index is 1.63. The lowest BCUT2D eigenvalue weighted by Gasteiger charge is -2.41. The zero-order chi connectivity index (χ0) is 11.0. The van der Waals surface area contributed by atoms with Gasteiger partial charge in [0.2, 0.25) is 0 Å². The minimum absolute atomic E-state index is 0.883. The van der Waals surface area contributed by atoms with E-state index in [4.69, 9.17) is 0 Å². The molecule has 92 valence electrons. The molecule has 0 radical (unpaired) electrons. The van der Waals surface area contributed by atoms with Crippen LogP contribution in [0.15, 0.2) is 0 Å². The fraction of sp³-hybridized carbons (Fsp3) is 1.00. The van der Waals surface area contributed by atoms with Crippen molar-refractivity contribution in [2.75, 3.05) is 33.2 Å². The Hall–Kier alpha value is -0.120. The number of hydrogen-bond donors (Lipinski definition) is 1. The summed E-state index contributed by atoms with van der Waals surface area (Å²) in [5.41, 5.74) is 0. The third-order valence-electron chi connectivity index (χ3n) is 4.96. The summed E-state index contributed by atoms with van der Waals surface area (Å²) in [7, 11) is 2.34. The average Bonchev–Trinajstić information content (AvgIpc) is 2.60. The van der Waals surface area contributed by atoms with E-state index in [1.54, 1.807) is 0 Å². The van der Waals surface area contributed by atoms with Gasteiger partial charge in [0.1, 0.15) is 0 Å². The second-order valence-corrected chi connectivity index (χ2v) is 5.82. The molecule has 0 aromatic rings. The van der Waals surface area contributed by atoms with Crippen LogP contribution in [0, 0.1) is 0 Å². The molecular weight excluding hydrogens is 198 g/mol. The molecule has 3 saturated heterocycles. The predicted molar refractivity (Wildman–Crippen MR) is 66.7 cm³/mol. The summed E-state index contributed by atoms with van der Waals surface area (Å²) in [5, 5.41) is 3.51. The zero-order valence-electron chi connectivity index (χ0n) is 10.5. The summed E-state index contributed by atoms with van der Waals surface area (Å²) in [5.74, 6) is 0. The molecule has 0 aromatic carbocycles. The molecule has 3 fully saturated rings. The van der Waals surface area contributed by atoms with Gasteiger partial charge in [-0.05, 0) is 52.2 Å². The van der Waals surface area contributed by atoms with Crippen LogP contribution in [0.4, 0.5) is 0 Å². The van der Waals surface area contributed by atoms with E-state index in [9.17, 15) is 0 Å². The predicted octanol–water partition coefficient (Wildman–Crippen LogP) is 0.907. The lowest BCUT2D eigenvalue weighted by atomic mass is 9.96. The van der Waals surface area contributed by atoms with Crippen molar-refractivity contribution in [2.24, 2.45) is 0 Å². The van der Waals surface area contributed by atoms with Crippen molar-refractivity contribution in [3.8, 4) is 0 Å². The molecule has 3 heteroatoms. The molecule has 0 aliphatic carbocycles. The first kappa shape index (κ1) is 11.0. The lowest BCUT2D eigenvalue weighted by molar-refractivity contribution is 0.0793. The Bertz CT molecular complexity index is 221. The van der Waals surface area contributed by atoms with E-state index >= 15 is 0 Å². The number of hydrogen-bond acceptors (Lipinski definition) is 3. The Labute approximate surface area is 99.2 Å². The van der Waals surface area contributed by atoms with Crippen LogP contribution >= 0.6 is 0 Å². The molecule has 3 heterocycles. The van der Waals surface area contributed by atoms with Crippen LogP contribution in [-0.4, -0.2) is 61.2 Å². The normalized spacial score (nSPS) is 42.2. The van der Waals surface area contributed by atoms with Crippen LogP contribution in [0.5, 0.6) is 0 Å². The highest BCUT2D eigenvalue weighted by Gasteiger charge is 2.40. The number of nitrogens with zero attached hydrogens (tertiary/aromatic N) is 2. The Morgan fingerprint density at radius 1 is 0.938 bits per heavy atom. The van der Waals surface area contributed by atoms with Crippen molar-refractivity contribution in [3.05, 3.63) is 0 Å². The summed E-state index contributed by atoms with van der Waals surface area (Å²) in [6, 6.07) is 2.66. The van der Waals surface area contributed by atoms with Crippen LogP contribution in [0.3, 0.4) is 0 Å². The van der Waals surface area contributed by atoms with E-state index in [1.807, 2.05) is 0 Å². The molecule has 2 unspecified atom stereocenters. The minimum Gasteiger partial charge on any atom is -0.315 e. The van der Waals surface area contributed by atoms with Gasteiger partial charge in [-0.2, -0.15) is 0 Å². The quantitative estimate of drug-likeness (QED) is 0.713. The largest absolute Gasteiger partial charge is 0.315 e. The highest BCUT2D eigenvalue weighted by molar-refractivity contribution is 4.97. The molecule has 2 atom stereocenters. The number of nitrogens with one attached hydrogen (secondary N) is 1. The van der Waals surface area contributed by atoms with Gasteiger partial charge >= 0.3 is 0 Å². The van der Waals surface area contributed by atoms with Gasteiger partial charge in [-0.3, -0.25) is 4.90 Å². The molecule has 16 heavy (non-hydrogen) atoms. The maximum Gasteiger partial charge on any atom is 0.0126 e. The molecule has 0 amide bonds. The van der Waals surface area contributed by atoms with E-state index in [0.29, 0.717) is 0 Å². The van der Waals surface area contributed by atoms with E-state index in [2.05, 4.69) is 22.2 Å². The smallest absolute Gasteiger partial charge is 0.0126 e. The molecule has 1 N–H and O–H groups in total. The van der Waals surface area contributed by atoms with Crippen LogP contribution in [-0.2, 0) is 0 Å². The topological polar surface area (TPSA) is 18.5 Å². The van der Waals surface area contributed by atoms with Gasteiger partial charge < -0.3 is 10.2 Å². The number of rotatable bonds is 1. The van der Waals surface area contributed by atoms with E-state index in [0.717, 1.165) is 18.1 Å². The summed E-state index contributed by atoms with van der Waals surface area (Å²) in [6.07, 6.45) is 7.08. The van der Waals surface area contributed by atoms with Gasteiger partial charge in [-0.1, -0.05) is 0 Å². The third-order valence-corrected chi connectivity index (χ3v) is 4.96. The van der Waals surface area contributed by atoms with Gasteiger partial charge in [0.25, 0.3) is 0 Å². The van der Waals surface area contributed by atoms with Crippen molar-refractivity contribution >= 4 is 0 Å². The monoisotopic (exact) mass is 223 g/mol. The first-order valence-electron chi connectivity index (χ1n) is 7.01. The van der Waals surface area contributed by atoms with E-state index in [1.165, 1.54) is 58.3 Å². The fourth-order valence-electron chi connectivity index (χ4n) is 3.91. The Kier molecular flexibility index (Phi) is 3.18. The van der Waals surface area contributed by atoms with Crippen molar-refractivity contribution in [3.63, 3.8) is 0 Å². The van der Waals surface area contributed by atoms with E-state index in [-0.39, 0.29) is 0 Å². The summed E-state index contributed by atoms with van der Waals surface area (Å²) in [6.45, 7) is 5.01. The SMILES string of the molecule is CN1C2CCC1CC(N1CCCNCC1)C2. The maximum absolute atomic E-state index is 3.51. The van der Waals surface area contributed by atoms with Gasteiger partial charge in [0, 0.05) is 31.2 Å². The average molecular weight is 223 g/mol. The van der Waals surface area contributed by atoms with Crippen molar-refractivity contribution in [1.82, 2.24) is 15.1 Å². The van der Waals surface area contributed by atoms with Crippen molar-refractivity contribution in [1.29, 1.82) is 0 Å². The number of fused-ring (bicyclic) bond motifs is 2. The highest BCUT2D eigenvalue weighted by atomic mass is 15.2. The standard InChI is InChI=1S/C13H25N3/c1-15-11-3-4-12(15)10-13(9-11)16-7-2-5-14-6-8-16/h11-14H,2-10H2,1H3. The Morgan fingerprint density at radius 2 is 1.69 bits per heavy atom. The van der Waals surface area contributed by atoms with Crippen LogP contribution in [0.2, 0.25) is 0 Å². The molecule has 0 aromatic heterocycles. The second kappa shape index (κ2) is 4.63. The van der Waals surface area contributed by atoms with Gasteiger partial charge in [-0.15, -0.1) is 0 Å². The molecule has 3 aliphatic rings. The molecule has 3 rings (SSSR count). The summed E-state index contributed by atoms with van der Waals surface area (Å²) >= 11 is 0. The minimum atomic E-state index is 0.883. The molecule has 0 spiro atoms. The van der Waals surface area contributed by atoms with Gasteiger partial charge in [0.05, 0.1) is 0 Å². The van der Waals surface area contributed by atoms with Gasteiger partial charge in [-0.25, -0.2) is 0 Å². The Morgan fingerprint density at radius 3 is 2.44 bits per heavy atom. The van der Waals surface area contributed by atoms with Crippen molar-refractivity contribution in [2.45, 2.75) is 50.2 Å². The zero-order valence-corrected chi connectivity index (χ0v) is 10.5. The van der Waals surface area contributed by atoms with Crippen LogP contribution in [0.25, 0.3) is 0 Å². The molecular formula is C13H25N3. The van der Waals surface area contributed by atoms with Crippen molar-refractivity contribution < 1.29 is 0 Å². The maximum atomic E-state index is 3.51. The summed E-state index contributed by atoms with van der Waals surface area (Å²) < 4.78 is 0. The molecule has 2 bridgehead atoms. The number of piperidine rings is 1. The molecule has 0 saturated carbocycles. The van der Waals surface area contributed by atoms with Crippen LogP contribution in [0.1, 0.15) is 32.1 Å². The lowest BCUT2D eigenvalue weighted by Crippen LogP contribution is -2.49. The first-order chi connectivity index (χ1) is 7.84. The molecule has 3 aliphatic heterocycles.